The Kier molecular flexibility index (Phi) is 5.70. The van der Waals surface area contributed by atoms with Crippen molar-refractivity contribution in [1.29, 1.82) is 0 Å². The van der Waals surface area contributed by atoms with Gasteiger partial charge in [0.1, 0.15) is 5.75 Å². The SMILES string of the molecule is Cc1cc(Cl)ccc1OCCCC(=O)NC(C)C1CC2CCC1C2. The summed E-state index contributed by atoms with van der Waals surface area (Å²) in [4.78, 5) is 12.2. The zero-order valence-corrected chi connectivity index (χ0v) is 15.4. The normalized spacial score (nSPS) is 26.4. The highest BCUT2D eigenvalue weighted by Crippen LogP contribution is 2.49. The standard InChI is InChI=1S/C20H28ClNO2/c1-13-10-17(21)7-8-19(13)24-9-3-4-20(23)22-14(2)18-12-15-5-6-16(18)11-15/h7-8,10,14-16,18H,3-6,9,11-12H2,1-2H3,(H,22,23). The monoisotopic (exact) mass is 349 g/mol. The van der Waals surface area contributed by atoms with E-state index in [2.05, 4.69) is 12.2 Å². The van der Waals surface area contributed by atoms with Gasteiger partial charge in [-0.1, -0.05) is 18.0 Å². The third-order valence-corrected chi connectivity index (χ3v) is 6.00. The topological polar surface area (TPSA) is 38.3 Å². The van der Waals surface area contributed by atoms with Crippen LogP contribution in [0.15, 0.2) is 18.2 Å². The average molecular weight is 350 g/mol. The van der Waals surface area contributed by atoms with Crippen LogP contribution in [-0.4, -0.2) is 18.6 Å². The van der Waals surface area contributed by atoms with Crippen LogP contribution in [0.4, 0.5) is 0 Å². The number of fused-ring (bicyclic) bond motifs is 2. The van der Waals surface area contributed by atoms with E-state index in [0.29, 0.717) is 30.0 Å². The fourth-order valence-electron chi connectivity index (χ4n) is 4.53. The highest BCUT2D eigenvalue weighted by molar-refractivity contribution is 6.30. The first-order valence-electron chi connectivity index (χ1n) is 9.21. The summed E-state index contributed by atoms with van der Waals surface area (Å²) in [7, 11) is 0. The van der Waals surface area contributed by atoms with Crippen LogP contribution in [0, 0.1) is 24.7 Å². The Morgan fingerprint density at radius 1 is 1.38 bits per heavy atom. The number of nitrogens with one attached hydrogen (secondary N) is 1. The van der Waals surface area contributed by atoms with Crippen molar-refractivity contribution in [3.8, 4) is 5.75 Å². The highest BCUT2D eigenvalue weighted by atomic mass is 35.5. The fraction of sp³-hybridized carbons (Fsp3) is 0.650. The van der Waals surface area contributed by atoms with Crippen LogP contribution in [-0.2, 0) is 4.79 Å². The largest absolute Gasteiger partial charge is 0.493 e. The van der Waals surface area contributed by atoms with Gasteiger partial charge in [-0.05, 0) is 81.0 Å². The van der Waals surface area contributed by atoms with Crippen LogP contribution >= 0.6 is 11.6 Å². The van der Waals surface area contributed by atoms with Gasteiger partial charge in [-0.2, -0.15) is 0 Å². The molecular formula is C20H28ClNO2. The molecule has 2 bridgehead atoms. The predicted octanol–water partition coefficient (Wildman–Crippen LogP) is 4.75. The van der Waals surface area contributed by atoms with E-state index in [1.54, 1.807) is 0 Å². The summed E-state index contributed by atoms with van der Waals surface area (Å²) in [6.07, 6.45) is 6.73. The Labute approximate surface area is 150 Å². The van der Waals surface area contributed by atoms with Gasteiger partial charge in [0, 0.05) is 17.5 Å². The Bertz CT molecular complexity index is 589. The second kappa shape index (κ2) is 7.77. The molecule has 4 unspecified atom stereocenters. The molecule has 2 aliphatic carbocycles. The molecule has 0 aromatic heterocycles. The van der Waals surface area contributed by atoms with E-state index in [0.717, 1.165) is 29.6 Å². The van der Waals surface area contributed by atoms with E-state index in [1.165, 1.54) is 25.7 Å². The smallest absolute Gasteiger partial charge is 0.220 e. The lowest BCUT2D eigenvalue weighted by Crippen LogP contribution is -2.40. The molecule has 4 heteroatoms. The Balaban J connectivity index is 1.35. The van der Waals surface area contributed by atoms with E-state index in [-0.39, 0.29) is 5.91 Å². The molecule has 0 saturated heterocycles. The van der Waals surface area contributed by atoms with Crippen molar-refractivity contribution in [3.05, 3.63) is 28.8 Å². The van der Waals surface area contributed by atoms with Gasteiger partial charge in [-0.3, -0.25) is 4.79 Å². The number of hydrogen-bond donors (Lipinski definition) is 1. The molecule has 2 aliphatic rings. The van der Waals surface area contributed by atoms with Gasteiger partial charge in [-0.25, -0.2) is 0 Å². The van der Waals surface area contributed by atoms with Crippen LogP contribution in [0.2, 0.25) is 5.02 Å². The number of benzene rings is 1. The molecule has 4 atom stereocenters. The van der Waals surface area contributed by atoms with Crippen LogP contribution in [0.5, 0.6) is 5.75 Å². The van der Waals surface area contributed by atoms with Crippen LogP contribution < -0.4 is 10.1 Å². The lowest BCUT2D eigenvalue weighted by molar-refractivity contribution is -0.122. The molecule has 0 aliphatic heterocycles. The summed E-state index contributed by atoms with van der Waals surface area (Å²) < 4.78 is 5.75. The first-order chi connectivity index (χ1) is 11.5. The van der Waals surface area contributed by atoms with Gasteiger partial charge >= 0.3 is 0 Å². The van der Waals surface area contributed by atoms with E-state index in [1.807, 2.05) is 25.1 Å². The minimum Gasteiger partial charge on any atom is -0.493 e. The van der Waals surface area contributed by atoms with E-state index in [9.17, 15) is 4.79 Å². The van der Waals surface area contributed by atoms with Crippen molar-refractivity contribution >= 4 is 17.5 Å². The molecule has 1 amide bonds. The Hall–Kier alpha value is -1.22. The maximum absolute atomic E-state index is 12.2. The second-order valence-corrected chi connectivity index (χ2v) is 7.99. The lowest BCUT2D eigenvalue weighted by Gasteiger charge is -2.28. The summed E-state index contributed by atoms with van der Waals surface area (Å²) in [6.45, 7) is 4.71. The van der Waals surface area contributed by atoms with Gasteiger partial charge in [0.25, 0.3) is 0 Å². The van der Waals surface area contributed by atoms with Crippen molar-refractivity contribution in [1.82, 2.24) is 5.32 Å². The summed E-state index contributed by atoms with van der Waals surface area (Å²) in [6, 6.07) is 5.91. The number of amides is 1. The number of carbonyl (C=O) groups excluding carboxylic acids is 1. The summed E-state index contributed by atoms with van der Waals surface area (Å²) in [5.74, 6) is 3.47. The molecule has 1 aromatic carbocycles. The predicted molar refractivity (Wildman–Crippen MR) is 97.5 cm³/mol. The molecule has 3 rings (SSSR count). The zero-order chi connectivity index (χ0) is 17.1. The summed E-state index contributed by atoms with van der Waals surface area (Å²) in [5, 5.41) is 3.93. The molecule has 0 spiro atoms. The Morgan fingerprint density at radius 2 is 2.21 bits per heavy atom. The van der Waals surface area contributed by atoms with E-state index < -0.39 is 0 Å². The molecule has 132 valence electrons. The van der Waals surface area contributed by atoms with Gasteiger partial charge in [0.15, 0.2) is 0 Å². The maximum atomic E-state index is 12.2. The molecule has 3 nitrogen and oxygen atoms in total. The number of ether oxygens (including phenoxy) is 1. The molecule has 0 radical (unpaired) electrons. The molecular weight excluding hydrogens is 322 g/mol. The van der Waals surface area contributed by atoms with Crippen LogP contribution in [0.1, 0.15) is 51.0 Å². The van der Waals surface area contributed by atoms with Gasteiger partial charge in [-0.15, -0.1) is 0 Å². The Morgan fingerprint density at radius 3 is 2.88 bits per heavy atom. The lowest BCUT2D eigenvalue weighted by atomic mass is 9.84. The number of carbonyl (C=O) groups is 1. The first kappa shape index (κ1) is 17.6. The molecule has 2 fully saturated rings. The van der Waals surface area contributed by atoms with Crippen LogP contribution in [0.25, 0.3) is 0 Å². The molecule has 0 heterocycles. The van der Waals surface area contributed by atoms with Gasteiger partial charge in [0.2, 0.25) is 5.91 Å². The first-order valence-corrected chi connectivity index (χ1v) is 9.59. The van der Waals surface area contributed by atoms with E-state index >= 15 is 0 Å². The third-order valence-electron chi connectivity index (χ3n) is 5.77. The summed E-state index contributed by atoms with van der Waals surface area (Å²) >= 11 is 5.94. The maximum Gasteiger partial charge on any atom is 0.220 e. The molecule has 1 N–H and O–H groups in total. The molecule has 2 saturated carbocycles. The average Bonchev–Trinajstić information content (AvgIpc) is 3.16. The van der Waals surface area contributed by atoms with Crippen LogP contribution in [0.3, 0.4) is 0 Å². The van der Waals surface area contributed by atoms with Crippen molar-refractivity contribution in [2.45, 2.75) is 58.4 Å². The minimum atomic E-state index is 0.154. The number of hydrogen-bond acceptors (Lipinski definition) is 2. The number of rotatable bonds is 7. The second-order valence-electron chi connectivity index (χ2n) is 7.56. The van der Waals surface area contributed by atoms with Crippen molar-refractivity contribution in [2.24, 2.45) is 17.8 Å². The minimum absolute atomic E-state index is 0.154. The van der Waals surface area contributed by atoms with Gasteiger partial charge < -0.3 is 10.1 Å². The van der Waals surface area contributed by atoms with Crippen molar-refractivity contribution in [2.75, 3.05) is 6.61 Å². The quantitative estimate of drug-likeness (QED) is 0.721. The summed E-state index contributed by atoms with van der Waals surface area (Å²) in [5.41, 5.74) is 1.02. The fourth-order valence-corrected chi connectivity index (χ4v) is 4.76. The third kappa shape index (κ3) is 4.24. The van der Waals surface area contributed by atoms with Gasteiger partial charge in [0.05, 0.1) is 6.61 Å². The zero-order valence-electron chi connectivity index (χ0n) is 14.7. The number of halogens is 1. The van der Waals surface area contributed by atoms with Crippen molar-refractivity contribution in [3.63, 3.8) is 0 Å². The van der Waals surface area contributed by atoms with Crippen molar-refractivity contribution < 1.29 is 9.53 Å². The molecule has 24 heavy (non-hydrogen) atoms. The van der Waals surface area contributed by atoms with E-state index in [4.69, 9.17) is 16.3 Å². The highest BCUT2D eigenvalue weighted by Gasteiger charge is 2.41. The molecule has 1 aromatic rings. The number of aryl methyl sites for hydroxylation is 1.